The summed E-state index contributed by atoms with van der Waals surface area (Å²) in [5, 5.41) is 12.3. The van der Waals surface area contributed by atoms with E-state index >= 15 is 0 Å². The van der Waals surface area contributed by atoms with E-state index in [0.29, 0.717) is 6.54 Å². The van der Waals surface area contributed by atoms with E-state index in [2.05, 4.69) is 42.2 Å². The SMILES string of the molecule is OCc1ccc(CNCc2ncc(Br)cc2Br)cc1. The molecule has 0 aliphatic rings. The van der Waals surface area contributed by atoms with Gasteiger partial charge in [-0.2, -0.15) is 0 Å². The van der Waals surface area contributed by atoms with Gasteiger partial charge in [0.15, 0.2) is 0 Å². The summed E-state index contributed by atoms with van der Waals surface area (Å²) in [6.45, 7) is 1.56. The Balaban J connectivity index is 1.88. The lowest BCUT2D eigenvalue weighted by molar-refractivity contribution is 0.282. The van der Waals surface area contributed by atoms with Crippen LogP contribution in [-0.2, 0) is 19.7 Å². The minimum Gasteiger partial charge on any atom is -0.392 e. The van der Waals surface area contributed by atoms with E-state index in [0.717, 1.165) is 26.7 Å². The van der Waals surface area contributed by atoms with Crippen molar-refractivity contribution in [2.45, 2.75) is 19.7 Å². The zero-order valence-electron chi connectivity index (χ0n) is 10.2. The van der Waals surface area contributed by atoms with Crippen LogP contribution in [0.5, 0.6) is 0 Å². The van der Waals surface area contributed by atoms with E-state index in [1.807, 2.05) is 30.3 Å². The average Bonchev–Trinajstić information content (AvgIpc) is 2.42. The molecule has 0 bridgehead atoms. The normalized spacial score (nSPS) is 10.7. The fourth-order valence-electron chi connectivity index (χ4n) is 1.66. The third kappa shape index (κ3) is 4.38. The van der Waals surface area contributed by atoms with Crippen LogP contribution in [0.2, 0.25) is 0 Å². The molecule has 0 aliphatic heterocycles. The number of hydrogen-bond acceptors (Lipinski definition) is 3. The number of rotatable bonds is 5. The summed E-state index contributed by atoms with van der Waals surface area (Å²) in [5.74, 6) is 0. The number of benzene rings is 1. The molecule has 0 atom stereocenters. The van der Waals surface area contributed by atoms with Crippen molar-refractivity contribution in [2.75, 3.05) is 0 Å². The topological polar surface area (TPSA) is 45.1 Å². The molecule has 0 spiro atoms. The van der Waals surface area contributed by atoms with Crippen LogP contribution in [0.15, 0.2) is 45.5 Å². The summed E-state index contributed by atoms with van der Waals surface area (Å²) in [7, 11) is 0. The summed E-state index contributed by atoms with van der Waals surface area (Å²) >= 11 is 6.87. The first-order valence-corrected chi connectivity index (χ1v) is 7.47. The minimum absolute atomic E-state index is 0.0868. The number of halogens is 2. The lowest BCUT2D eigenvalue weighted by atomic mass is 10.1. The number of hydrogen-bond donors (Lipinski definition) is 2. The molecule has 100 valence electrons. The van der Waals surface area contributed by atoms with Gasteiger partial charge < -0.3 is 10.4 Å². The molecule has 2 rings (SSSR count). The van der Waals surface area contributed by atoms with E-state index in [1.165, 1.54) is 5.56 Å². The van der Waals surface area contributed by atoms with E-state index in [4.69, 9.17) is 5.11 Å². The number of aliphatic hydroxyl groups excluding tert-OH is 1. The van der Waals surface area contributed by atoms with Gasteiger partial charge in [-0.15, -0.1) is 0 Å². The molecular formula is C14H14Br2N2O. The molecule has 0 unspecified atom stereocenters. The summed E-state index contributed by atoms with van der Waals surface area (Å²) in [6.07, 6.45) is 1.79. The average molecular weight is 386 g/mol. The molecular weight excluding hydrogens is 372 g/mol. The van der Waals surface area contributed by atoms with Gasteiger partial charge >= 0.3 is 0 Å². The first kappa shape index (κ1) is 14.7. The van der Waals surface area contributed by atoms with Gasteiger partial charge in [-0.1, -0.05) is 24.3 Å². The van der Waals surface area contributed by atoms with Crippen LogP contribution >= 0.6 is 31.9 Å². The van der Waals surface area contributed by atoms with Gasteiger partial charge in [0.25, 0.3) is 0 Å². The van der Waals surface area contributed by atoms with Gasteiger partial charge in [0.05, 0.1) is 12.3 Å². The van der Waals surface area contributed by atoms with Crippen molar-refractivity contribution < 1.29 is 5.11 Å². The molecule has 0 aliphatic carbocycles. The fourth-order valence-corrected chi connectivity index (χ4v) is 2.79. The maximum atomic E-state index is 8.97. The van der Waals surface area contributed by atoms with Crippen LogP contribution in [0, 0.1) is 0 Å². The number of nitrogens with zero attached hydrogens (tertiary/aromatic N) is 1. The van der Waals surface area contributed by atoms with E-state index in [-0.39, 0.29) is 6.61 Å². The van der Waals surface area contributed by atoms with E-state index in [1.54, 1.807) is 6.20 Å². The second-order valence-electron chi connectivity index (χ2n) is 4.16. The highest BCUT2D eigenvalue weighted by Crippen LogP contribution is 2.19. The smallest absolute Gasteiger partial charge is 0.0684 e. The monoisotopic (exact) mass is 384 g/mol. The summed E-state index contributed by atoms with van der Waals surface area (Å²) in [5.41, 5.74) is 3.10. The molecule has 0 amide bonds. The Morgan fingerprint density at radius 2 is 1.74 bits per heavy atom. The molecule has 2 aromatic rings. The third-order valence-corrected chi connectivity index (χ3v) is 3.83. The van der Waals surface area contributed by atoms with Gasteiger partial charge in [-0.25, -0.2) is 0 Å². The maximum absolute atomic E-state index is 8.97. The second kappa shape index (κ2) is 7.14. The predicted octanol–water partition coefficient (Wildman–Crippen LogP) is 3.39. The van der Waals surface area contributed by atoms with E-state index < -0.39 is 0 Å². The molecule has 2 N–H and O–H groups in total. The Morgan fingerprint density at radius 1 is 1.05 bits per heavy atom. The van der Waals surface area contributed by atoms with Crippen LogP contribution in [0.1, 0.15) is 16.8 Å². The largest absolute Gasteiger partial charge is 0.392 e. The number of aromatic nitrogens is 1. The Bertz CT molecular complexity index is 544. The molecule has 0 fully saturated rings. The predicted molar refractivity (Wildman–Crippen MR) is 82.5 cm³/mol. The van der Waals surface area contributed by atoms with Crippen LogP contribution in [0.25, 0.3) is 0 Å². The van der Waals surface area contributed by atoms with Gasteiger partial charge in [0.2, 0.25) is 0 Å². The van der Waals surface area contributed by atoms with Gasteiger partial charge in [0, 0.05) is 28.2 Å². The van der Waals surface area contributed by atoms with Crippen LogP contribution in [0.4, 0.5) is 0 Å². The maximum Gasteiger partial charge on any atom is 0.0684 e. The van der Waals surface area contributed by atoms with Crippen molar-refractivity contribution in [1.29, 1.82) is 0 Å². The first-order valence-electron chi connectivity index (χ1n) is 5.88. The quantitative estimate of drug-likeness (QED) is 0.829. The lowest BCUT2D eigenvalue weighted by Gasteiger charge is -2.07. The number of aliphatic hydroxyl groups is 1. The van der Waals surface area contributed by atoms with Crippen LogP contribution in [-0.4, -0.2) is 10.1 Å². The van der Waals surface area contributed by atoms with Crippen molar-refractivity contribution in [3.05, 3.63) is 62.3 Å². The van der Waals surface area contributed by atoms with Gasteiger partial charge in [-0.3, -0.25) is 4.98 Å². The minimum atomic E-state index is 0.0868. The first-order chi connectivity index (χ1) is 9.19. The number of nitrogens with one attached hydrogen (secondary N) is 1. The van der Waals surface area contributed by atoms with Crippen molar-refractivity contribution in [3.8, 4) is 0 Å². The third-order valence-electron chi connectivity index (χ3n) is 2.71. The molecule has 0 radical (unpaired) electrons. The molecule has 1 heterocycles. The summed E-state index contributed by atoms with van der Waals surface area (Å²) in [4.78, 5) is 4.35. The zero-order valence-corrected chi connectivity index (χ0v) is 13.4. The summed E-state index contributed by atoms with van der Waals surface area (Å²) < 4.78 is 1.95. The highest BCUT2D eigenvalue weighted by molar-refractivity contribution is 9.11. The van der Waals surface area contributed by atoms with Crippen molar-refractivity contribution >= 4 is 31.9 Å². The highest BCUT2D eigenvalue weighted by atomic mass is 79.9. The number of pyridine rings is 1. The zero-order chi connectivity index (χ0) is 13.7. The van der Waals surface area contributed by atoms with Crippen molar-refractivity contribution in [1.82, 2.24) is 10.3 Å². The summed E-state index contributed by atoms with van der Waals surface area (Å²) in [6, 6.07) is 9.89. The Kier molecular flexibility index (Phi) is 5.51. The molecule has 3 nitrogen and oxygen atoms in total. The molecule has 0 saturated carbocycles. The molecule has 1 aromatic carbocycles. The van der Waals surface area contributed by atoms with Gasteiger partial charge in [0.1, 0.15) is 0 Å². The van der Waals surface area contributed by atoms with Gasteiger partial charge in [-0.05, 0) is 49.1 Å². The Morgan fingerprint density at radius 3 is 2.37 bits per heavy atom. The molecule has 19 heavy (non-hydrogen) atoms. The van der Waals surface area contributed by atoms with Crippen LogP contribution < -0.4 is 5.32 Å². The Hall–Kier alpha value is -0.750. The molecule has 0 saturated heterocycles. The van der Waals surface area contributed by atoms with Crippen molar-refractivity contribution in [3.63, 3.8) is 0 Å². The molecule has 1 aromatic heterocycles. The fraction of sp³-hybridized carbons (Fsp3) is 0.214. The Labute approximate surface area is 129 Å². The van der Waals surface area contributed by atoms with Crippen molar-refractivity contribution in [2.24, 2.45) is 0 Å². The standard InChI is InChI=1S/C14H14Br2N2O/c15-12-5-13(16)14(18-7-12)8-17-6-10-1-3-11(9-19)4-2-10/h1-5,7,17,19H,6,8-9H2. The lowest BCUT2D eigenvalue weighted by Crippen LogP contribution is -2.14. The van der Waals surface area contributed by atoms with Crippen LogP contribution in [0.3, 0.4) is 0 Å². The highest BCUT2D eigenvalue weighted by Gasteiger charge is 2.02. The molecule has 5 heteroatoms. The second-order valence-corrected chi connectivity index (χ2v) is 5.93. The van der Waals surface area contributed by atoms with E-state index in [9.17, 15) is 0 Å².